The number of aromatic nitrogens is 3. The van der Waals surface area contributed by atoms with Crippen LogP contribution in [0.25, 0.3) is 0 Å². The second-order valence-electron chi connectivity index (χ2n) is 9.61. The molecular weight excluding hydrogens is 588 g/mol. The van der Waals surface area contributed by atoms with Gasteiger partial charge in [0.1, 0.15) is 0 Å². The number of nitrogens with zero attached hydrogens (tertiary/aromatic N) is 5. The molecule has 1 aliphatic heterocycles. The number of amides is 2. The molecule has 0 aliphatic carbocycles. The molecule has 0 fully saturated rings. The zero-order chi connectivity index (χ0) is 28.1. The predicted molar refractivity (Wildman–Crippen MR) is 160 cm³/mol. The summed E-state index contributed by atoms with van der Waals surface area (Å²) in [6, 6.07) is 25.6. The van der Waals surface area contributed by atoms with Gasteiger partial charge in [0.05, 0.1) is 30.5 Å². The summed E-state index contributed by atoms with van der Waals surface area (Å²) in [5, 5.41) is 18.3. The van der Waals surface area contributed by atoms with Crippen LogP contribution in [-0.2, 0) is 29.6 Å². The van der Waals surface area contributed by atoms with E-state index in [2.05, 4.69) is 55.7 Å². The molecule has 4 aromatic rings. The first kappa shape index (κ1) is 27.8. The highest BCUT2D eigenvalue weighted by Gasteiger charge is 2.33. The van der Waals surface area contributed by atoms with Crippen LogP contribution in [-0.4, -0.2) is 43.1 Å². The molecule has 0 spiro atoms. The van der Waals surface area contributed by atoms with Crippen LogP contribution >= 0.6 is 27.7 Å². The minimum absolute atomic E-state index is 0.0887. The van der Waals surface area contributed by atoms with Crippen molar-refractivity contribution in [2.75, 3.05) is 5.75 Å². The predicted octanol–water partition coefficient (Wildman–Crippen LogP) is 5.21. The summed E-state index contributed by atoms with van der Waals surface area (Å²) in [5.41, 5.74) is 5.04. The van der Waals surface area contributed by atoms with Gasteiger partial charge in [-0.25, -0.2) is 5.01 Å². The smallest absolute Gasteiger partial charge is 0.253 e. The second kappa shape index (κ2) is 12.6. The van der Waals surface area contributed by atoms with E-state index in [1.165, 1.54) is 17.3 Å². The fourth-order valence-corrected chi connectivity index (χ4v) is 5.49. The van der Waals surface area contributed by atoms with Crippen LogP contribution in [0.4, 0.5) is 0 Å². The molecule has 2 amide bonds. The van der Waals surface area contributed by atoms with Crippen LogP contribution in [0.5, 0.6) is 0 Å². The Bertz CT molecular complexity index is 1520. The first-order chi connectivity index (χ1) is 19.4. The summed E-state index contributed by atoms with van der Waals surface area (Å²) in [6.07, 6.45) is 0.938. The number of hydrazone groups is 1. The number of halogens is 1. The largest absolute Gasteiger partial charge is 0.349 e. The number of carbonyl (C=O) groups is 2. The molecule has 0 saturated heterocycles. The molecule has 1 N–H and O–H groups in total. The van der Waals surface area contributed by atoms with Gasteiger partial charge in [-0.2, -0.15) is 5.10 Å². The van der Waals surface area contributed by atoms with Gasteiger partial charge in [0, 0.05) is 17.9 Å². The number of hydrogen-bond acceptors (Lipinski definition) is 6. The van der Waals surface area contributed by atoms with E-state index in [-0.39, 0.29) is 30.2 Å². The van der Waals surface area contributed by atoms with E-state index in [9.17, 15) is 9.59 Å². The molecule has 10 heteroatoms. The summed E-state index contributed by atoms with van der Waals surface area (Å²) in [6.45, 7) is 2.30. The molecule has 0 unspecified atom stereocenters. The number of rotatable bonds is 9. The Morgan fingerprint density at radius 3 is 2.45 bits per heavy atom. The first-order valence-electron chi connectivity index (χ1n) is 12.9. The number of benzene rings is 3. The monoisotopic (exact) mass is 616 g/mol. The Morgan fingerprint density at radius 2 is 1.73 bits per heavy atom. The zero-order valence-corrected chi connectivity index (χ0v) is 24.7. The lowest BCUT2D eigenvalue weighted by atomic mass is 9.98. The van der Waals surface area contributed by atoms with E-state index in [0.717, 1.165) is 26.9 Å². The van der Waals surface area contributed by atoms with Gasteiger partial charge in [-0.1, -0.05) is 100.0 Å². The van der Waals surface area contributed by atoms with Crippen LogP contribution in [0.1, 0.15) is 40.5 Å². The SMILES string of the molecule is Cc1ccc([C@H]2CC(c3ccc(Br)cc3)=NN2C(=O)CSc2nnc(CNC(=O)Cc3ccccc3)n2C)cc1. The third-order valence-electron chi connectivity index (χ3n) is 6.71. The molecule has 0 radical (unpaired) electrons. The molecule has 0 bridgehead atoms. The van der Waals surface area contributed by atoms with Crippen LogP contribution in [0, 0.1) is 6.92 Å². The zero-order valence-electron chi connectivity index (χ0n) is 22.3. The molecule has 1 aliphatic rings. The summed E-state index contributed by atoms with van der Waals surface area (Å²) < 4.78 is 2.80. The van der Waals surface area contributed by atoms with Crippen molar-refractivity contribution in [3.05, 3.63) is 111 Å². The number of aryl methyl sites for hydroxylation is 1. The van der Waals surface area contributed by atoms with Crippen molar-refractivity contribution in [2.45, 2.75) is 37.5 Å². The van der Waals surface area contributed by atoms with Gasteiger partial charge in [0.2, 0.25) is 5.91 Å². The third-order valence-corrected chi connectivity index (χ3v) is 8.24. The number of carbonyl (C=O) groups excluding carboxylic acids is 2. The Labute approximate surface area is 246 Å². The van der Waals surface area contributed by atoms with Gasteiger partial charge >= 0.3 is 0 Å². The maximum absolute atomic E-state index is 13.5. The van der Waals surface area contributed by atoms with Gasteiger partial charge in [0.25, 0.3) is 5.91 Å². The average Bonchev–Trinajstić information content (AvgIpc) is 3.56. The van der Waals surface area contributed by atoms with Crippen LogP contribution < -0.4 is 5.32 Å². The third kappa shape index (κ3) is 6.68. The van der Waals surface area contributed by atoms with Crippen LogP contribution in [0.15, 0.2) is 93.6 Å². The number of thioether (sulfide) groups is 1. The van der Waals surface area contributed by atoms with E-state index in [1.54, 1.807) is 9.58 Å². The summed E-state index contributed by atoms with van der Waals surface area (Å²) in [4.78, 5) is 25.8. The summed E-state index contributed by atoms with van der Waals surface area (Å²) in [5.74, 6) is 0.578. The lowest BCUT2D eigenvalue weighted by molar-refractivity contribution is -0.130. The lowest BCUT2D eigenvalue weighted by Gasteiger charge is -2.22. The van der Waals surface area contributed by atoms with E-state index in [0.29, 0.717) is 23.8 Å². The van der Waals surface area contributed by atoms with Gasteiger partial charge < -0.3 is 9.88 Å². The maximum atomic E-state index is 13.5. The number of hydrogen-bond donors (Lipinski definition) is 1. The lowest BCUT2D eigenvalue weighted by Crippen LogP contribution is -2.28. The van der Waals surface area contributed by atoms with Crippen LogP contribution in [0.2, 0.25) is 0 Å². The van der Waals surface area contributed by atoms with Crippen LogP contribution in [0.3, 0.4) is 0 Å². The standard InChI is InChI=1S/C30H29BrN6O2S/c1-20-8-10-23(11-9-20)26-17-25(22-12-14-24(31)15-13-22)35-37(26)29(39)19-40-30-34-33-27(36(30)2)18-32-28(38)16-21-6-4-3-5-7-21/h3-15,26H,16-19H2,1-2H3,(H,32,38)/t26-/m1/s1. The number of nitrogens with one attached hydrogen (secondary N) is 1. The highest BCUT2D eigenvalue weighted by molar-refractivity contribution is 9.10. The molecule has 204 valence electrons. The second-order valence-corrected chi connectivity index (χ2v) is 11.5. The molecule has 1 atom stereocenters. The van der Waals surface area contributed by atoms with Crippen molar-refractivity contribution in [1.29, 1.82) is 0 Å². The molecule has 40 heavy (non-hydrogen) atoms. The van der Waals surface area contributed by atoms with Crippen molar-refractivity contribution in [1.82, 2.24) is 25.1 Å². The fourth-order valence-electron chi connectivity index (χ4n) is 4.44. The molecule has 2 heterocycles. The van der Waals surface area contributed by atoms with Gasteiger partial charge in [-0.3, -0.25) is 9.59 Å². The molecule has 3 aromatic carbocycles. The van der Waals surface area contributed by atoms with Gasteiger partial charge in [0.15, 0.2) is 11.0 Å². The molecule has 1 aromatic heterocycles. The van der Waals surface area contributed by atoms with Crippen molar-refractivity contribution in [3.63, 3.8) is 0 Å². The molecule has 5 rings (SSSR count). The summed E-state index contributed by atoms with van der Waals surface area (Å²) >= 11 is 4.79. The van der Waals surface area contributed by atoms with Crippen molar-refractivity contribution in [3.8, 4) is 0 Å². The minimum Gasteiger partial charge on any atom is -0.349 e. The Hall–Kier alpha value is -3.76. The van der Waals surface area contributed by atoms with Crippen molar-refractivity contribution < 1.29 is 9.59 Å². The normalized spacial score (nSPS) is 14.7. The fraction of sp³-hybridized carbons (Fsp3) is 0.233. The highest BCUT2D eigenvalue weighted by atomic mass is 79.9. The van der Waals surface area contributed by atoms with E-state index in [4.69, 9.17) is 5.10 Å². The average molecular weight is 618 g/mol. The first-order valence-corrected chi connectivity index (χ1v) is 14.7. The van der Waals surface area contributed by atoms with E-state index < -0.39 is 0 Å². The Morgan fingerprint density at radius 1 is 1.00 bits per heavy atom. The van der Waals surface area contributed by atoms with Crippen molar-refractivity contribution in [2.24, 2.45) is 12.1 Å². The quantitative estimate of drug-likeness (QED) is 0.260. The van der Waals surface area contributed by atoms with Gasteiger partial charge in [-0.15, -0.1) is 10.2 Å². The topological polar surface area (TPSA) is 92.5 Å². The molecule has 0 saturated carbocycles. The Balaban J connectivity index is 1.24. The van der Waals surface area contributed by atoms with Crippen molar-refractivity contribution >= 4 is 45.2 Å². The maximum Gasteiger partial charge on any atom is 0.253 e. The Kier molecular flexibility index (Phi) is 8.76. The van der Waals surface area contributed by atoms with E-state index >= 15 is 0 Å². The highest BCUT2D eigenvalue weighted by Crippen LogP contribution is 2.34. The molecule has 8 nitrogen and oxygen atoms in total. The molecular formula is C30H29BrN6O2S. The van der Waals surface area contributed by atoms with E-state index in [1.807, 2.05) is 68.6 Å². The summed E-state index contributed by atoms with van der Waals surface area (Å²) in [7, 11) is 1.83. The minimum atomic E-state index is -0.178. The van der Waals surface area contributed by atoms with Gasteiger partial charge in [-0.05, 0) is 35.7 Å².